The molecule has 0 spiro atoms. The number of methoxy groups -OCH3 is 2. The molecule has 0 bridgehead atoms. The molecule has 214 valence electrons. The van der Waals surface area contributed by atoms with Crippen molar-refractivity contribution in [2.45, 2.75) is 13.0 Å². The van der Waals surface area contributed by atoms with Crippen LogP contribution in [0.3, 0.4) is 0 Å². The number of benzene rings is 2. The summed E-state index contributed by atoms with van der Waals surface area (Å²) in [4.78, 5) is 33.0. The van der Waals surface area contributed by atoms with Crippen LogP contribution in [0.1, 0.15) is 21.7 Å². The number of carbonyl (C=O) groups excluding carboxylic acids is 2. The van der Waals surface area contributed by atoms with Gasteiger partial charge in [-0.25, -0.2) is 0 Å². The van der Waals surface area contributed by atoms with E-state index in [0.29, 0.717) is 68.6 Å². The SMILES string of the molecule is COc1ccc(CCN(Cc2ccco2)C(=O)CN(CCN2CCOCC2)C(=O)c2cccc(Br)c2)cc1OC. The molecule has 3 aromatic rings. The molecule has 4 rings (SSSR count). The van der Waals surface area contributed by atoms with Crippen molar-refractivity contribution < 1.29 is 28.2 Å². The predicted octanol–water partition coefficient (Wildman–Crippen LogP) is 4.11. The van der Waals surface area contributed by atoms with Gasteiger partial charge in [-0.2, -0.15) is 0 Å². The van der Waals surface area contributed by atoms with Crippen LogP contribution >= 0.6 is 15.9 Å². The molecule has 1 aliphatic rings. The van der Waals surface area contributed by atoms with E-state index in [-0.39, 0.29) is 18.4 Å². The van der Waals surface area contributed by atoms with Crippen molar-refractivity contribution in [3.63, 3.8) is 0 Å². The minimum Gasteiger partial charge on any atom is -0.493 e. The fourth-order valence-corrected chi connectivity index (χ4v) is 4.99. The van der Waals surface area contributed by atoms with Gasteiger partial charge in [-0.05, 0) is 54.4 Å². The summed E-state index contributed by atoms with van der Waals surface area (Å²) >= 11 is 3.46. The van der Waals surface area contributed by atoms with E-state index in [1.54, 1.807) is 48.5 Å². The van der Waals surface area contributed by atoms with Crippen molar-refractivity contribution in [2.75, 3.05) is 66.7 Å². The predicted molar refractivity (Wildman–Crippen MR) is 155 cm³/mol. The van der Waals surface area contributed by atoms with Gasteiger partial charge in [0.1, 0.15) is 12.3 Å². The van der Waals surface area contributed by atoms with Crippen molar-refractivity contribution in [1.29, 1.82) is 0 Å². The molecule has 40 heavy (non-hydrogen) atoms. The molecule has 2 aromatic carbocycles. The Bertz CT molecular complexity index is 1250. The molecule has 0 unspecified atom stereocenters. The highest BCUT2D eigenvalue weighted by Crippen LogP contribution is 2.28. The minimum atomic E-state index is -0.180. The number of hydrogen-bond acceptors (Lipinski definition) is 7. The topological polar surface area (TPSA) is 84.7 Å². The molecule has 1 aromatic heterocycles. The van der Waals surface area contributed by atoms with E-state index in [1.807, 2.05) is 36.4 Å². The molecule has 1 saturated heterocycles. The third-order valence-electron chi connectivity index (χ3n) is 6.87. The first kappa shape index (κ1) is 29.6. The smallest absolute Gasteiger partial charge is 0.254 e. The van der Waals surface area contributed by atoms with Crippen LogP contribution in [0.2, 0.25) is 0 Å². The van der Waals surface area contributed by atoms with Crippen LogP contribution in [-0.2, 0) is 22.5 Å². The maximum atomic E-state index is 13.8. The number of nitrogens with zero attached hydrogens (tertiary/aromatic N) is 3. The summed E-state index contributed by atoms with van der Waals surface area (Å²) in [7, 11) is 3.20. The Balaban J connectivity index is 1.50. The van der Waals surface area contributed by atoms with Crippen molar-refractivity contribution in [3.05, 3.63) is 82.2 Å². The van der Waals surface area contributed by atoms with Gasteiger partial charge in [0.2, 0.25) is 5.91 Å². The summed E-state index contributed by atoms with van der Waals surface area (Å²) in [6.45, 7) is 4.77. The minimum absolute atomic E-state index is 0.0394. The van der Waals surface area contributed by atoms with Gasteiger partial charge in [-0.3, -0.25) is 14.5 Å². The average Bonchev–Trinajstić information content (AvgIpc) is 3.50. The molecule has 2 amide bonds. The molecule has 0 radical (unpaired) electrons. The van der Waals surface area contributed by atoms with Gasteiger partial charge in [0.25, 0.3) is 5.91 Å². The number of amides is 2. The molecular weight excluding hydrogens is 578 g/mol. The van der Waals surface area contributed by atoms with Crippen LogP contribution in [-0.4, -0.2) is 93.2 Å². The molecule has 9 nitrogen and oxygen atoms in total. The number of carbonyl (C=O) groups is 2. The largest absolute Gasteiger partial charge is 0.493 e. The van der Waals surface area contributed by atoms with Crippen LogP contribution in [0.15, 0.2) is 69.8 Å². The Labute approximate surface area is 243 Å². The van der Waals surface area contributed by atoms with Crippen molar-refractivity contribution in [3.8, 4) is 11.5 Å². The third kappa shape index (κ3) is 8.33. The number of ether oxygens (including phenoxy) is 3. The number of hydrogen-bond donors (Lipinski definition) is 0. The molecule has 10 heteroatoms. The standard InChI is InChI=1S/C30H36BrN3O6/c1-37-27-9-8-23(19-28(27)38-2)10-11-33(21-26-7-4-16-40-26)29(35)22-34(13-12-32-14-17-39-18-15-32)30(36)24-5-3-6-25(31)20-24/h3-9,16,19-20H,10-15,17-18,21-22H2,1-2H3. The van der Waals surface area contributed by atoms with E-state index in [0.717, 1.165) is 23.1 Å². The average molecular weight is 615 g/mol. The second kappa shape index (κ2) is 14.9. The van der Waals surface area contributed by atoms with Crippen LogP contribution in [0.4, 0.5) is 0 Å². The molecule has 0 atom stereocenters. The fraction of sp³-hybridized carbons (Fsp3) is 0.400. The van der Waals surface area contributed by atoms with E-state index >= 15 is 0 Å². The number of halogens is 1. The number of rotatable bonds is 13. The second-order valence-electron chi connectivity index (χ2n) is 9.53. The van der Waals surface area contributed by atoms with Crippen LogP contribution < -0.4 is 9.47 Å². The van der Waals surface area contributed by atoms with Crippen molar-refractivity contribution in [2.24, 2.45) is 0 Å². The first-order chi connectivity index (χ1) is 19.5. The molecular formula is C30H36BrN3O6. The first-order valence-electron chi connectivity index (χ1n) is 13.3. The molecule has 2 heterocycles. The third-order valence-corrected chi connectivity index (χ3v) is 7.37. The normalized spacial score (nSPS) is 13.6. The Kier molecular flexibility index (Phi) is 11.0. The lowest BCUT2D eigenvalue weighted by molar-refractivity contribution is -0.132. The van der Waals surface area contributed by atoms with E-state index in [2.05, 4.69) is 20.8 Å². The summed E-state index contributed by atoms with van der Waals surface area (Å²) in [6, 6.07) is 16.6. The highest BCUT2D eigenvalue weighted by molar-refractivity contribution is 9.10. The number of morpholine rings is 1. The first-order valence-corrected chi connectivity index (χ1v) is 14.1. The van der Waals surface area contributed by atoms with Gasteiger partial charge >= 0.3 is 0 Å². The monoisotopic (exact) mass is 613 g/mol. The maximum absolute atomic E-state index is 13.8. The second-order valence-corrected chi connectivity index (χ2v) is 10.4. The summed E-state index contributed by atoms with van der Waals surface area (Å²) in [6.07, 6.45) is 2.19. The van der Waals surface area contributed by atoms with Gasteiger partial charge < -0.3 is 28.4 Å². The van der Waals surface area contributed by atoms with Gasteiger partial charge in [-0.1, -0.05) is 28.1 Å². The number of furan rings is 1. The Morgan fingerprint density at radius 2 is 1.75 bits per heavy atom. The maximum Gasteiger partial charge on any atom is 0.254 e. The Hall–Kier alpha value is -3.34. The Morgan fingerprint density at radius 3 is 2.45 bits per heavy atom. The lowest BCUT2D eigenvalue weighted by Crippen LogP contribution is -2.47. The molecule has 1 aliphatic heterocycles. The zero-order valence-corrected chi connectivity index (χ0v) is 24.6. The molecule has 0 N–H and O–H groups in total. The quantitative estimate of drug-likeness (QED) is 0.287. The van der Waals surface area contributed by atoms with Gasteiger partial charge in [0, 0.05) is 42.8 Å². The van der Waals surface area contributed by atoms with E-state index in [1.165, 1.54) is 0 Å². The highest BCUT2D eigenvalue weighted by atomic mass is 79.9. The highest BCUT2D eigenvalue weighted by Gasteiger charge is 2.24. The van der Waals surface area contributed by atoms with Gasteiger partial charge in [0.05, 0.1) is 40.2 Å². The van der Waals surface area contributed by atoms with Crippen LogP contribution in [0.5, 0.6) is 11.5 Å². The van der Waals surface area contributed by atoms with Gasteiger partial charge in [0.15, 0.2) is 11.5 Å². The summed E-state index contributed by atoms with van der Waals surface area (Å²) in [5.74, 6) is 1.64. The molecule has 0 aliphatic carbocycles. The zero-order chi connectivity index (χ0) is 28.3. The van der Waals surface area contributed by atoms with Crippen LogP contribution in [0.25, 0.3) is 0 Å². The fourth-order valence-electron chi connectivity index (χ4n) is 4.59. The molecule has 0 saturated carbocycles. The van der Waals surface area contributed by atoms with Crippen molar-refractivity contribution in [1.82, 2.24) is 14.7 Å². The Morgan fingerprint density at radius 1 is 0.950 bits per heavy atom. The van der Waals surface area contributed by atoms with E-state index in [9.17, 15) is 9.59 Å². The molecule has 1 fully saturated rings. The van der Waals surface area contributed by atoms with E-state index in [4.69, 9.17) is 18.6 Å². The van der Waals surface area contributed by atoms with Crippen LogP contribution in [0, 0.1) is 0 Å². The van der Waals surface area contributed by atoms with E-state index < -0.39 is 0 Å². The lowest BCUT2D eigenvalue weighted by atomic mass is 10.1. The van der Waals surface area contributed by atoms with Crippen molar-refractivity contribution >= 4 is 27.7 Å². The van der Waals surface area contributed by atoms with Gasteiger partial charge in [-0.15, -0.1) is 0 Å². The summed E-state index contributed by atoms with van der Waals surface area (Å²) in [5, 5.41) is 0. The summed E-state index contributed by atoms with van der Waals surface area (Å²) in [5.41, 5.74) is 1.54. The summed E-state index contributed by atoms with van der Waals surface area (Å²) < 4.78 is 22.6. The lowest BCUT2D eigenvalue weighted by Gasteiger charge is -2.31. The zero-order valence-electron chi connectivity index (χ0n) is 23.0.